The number of thiophene rings is 1. The van der Waals surface area contributed by atoms with Crippen molar-refractivity contribution in [1.82, 2.24) is 0 Å². The Morgan fingerprint density at radius 2 is 2.08 bits per heavy atom. The maximum Gasteiger partial charge on any atom is 0.0800 e. The Labute approximate surface area is 84.0 Å². The Balaban J connectivity index is 2.19. The van der Waals surface area contributed by atoms with Crippen molar-refractivity contribution < 1.29 is 0 Å². The van der Waals surface area contributed by atoms with Gasteiger partial charge in [-0.25, -0.2) is 0 Å². The summed E-state index contributed by atoms with van der Waals surface area (Å²) in [6.07, 6.45) is 12.3. The van der Waals surface area contributed by atoms with Gasteiger partial charge in [-0.2, -0.15) is 0 Å². The molecule has 0 aliphatic heterocycles. The molecule has 1 aliphatic carbocycles. The molecule has 0 nitrogen and oxygen atoms in total. The van der Waals surface area contributed by atoms with Crippen molar-refractivity contribution in [3.8, 4) is 12.3 Å². The molecule has 0 bridgehead atoms. The van der Waals surface area contributed by atoms with E-state index in [2.05, 4.69) is 17.4 Å². The standard InChI is InChI=1S/C12H14S/c1-2-12-11(8-9-13-12)10-6-4-3-5-7-10/h1,8-10H,3-7H2. The minimum absolute atomic E-state index is 0.756. The summed E-state index contributed by atoms with van der Waals surface area (Å²) in [7, 11) is 0. The van der Waals surface area contributed by atoms with Gasteiger partial charge in [-0.3, -0.25) is 0 Å². The predicted molar refractivity (Wildman–Crippen MR) is 58.1 cm³/mol. The van der Waals surface area contributed by atoms with E-state index >= 15 is 0 Å². The second kappa shape index (κ2) is 3.98. The normalized spacial score (nSPS) is 18.4. The first-order valence-electron chi connectivity index (χ1n) is 4.96. The van der Waals surface area contributed by atoms with Crippen LogP contribution in [0, 0.1) is 12.3 Å². The summed E-state index contributed by atoms with van der Waals surface area (Å²) in [5.41, 5.74) is 1.44. The molecule has 1 heteroatoms. The van der Waals surface area contributed by atoms with Crippen LogP contribution in [0.2, 0.25) is 0 Å². The molecule has 68 valence electrons. The minimum atomic E-state index is 0.756. The fourth-order valence-corrected chi connectivity index (χ4v) is 2.96. The van der Waals surface area contributed by atoms with Crippen LogP contribution in [-0.2, 0) is 0 Å². The first kappa shape index (κ1) is 8.84. The molecule has 1 aromatic rings. The van der Waals surface area contributed by atoms with Crippen LogP contribution in [0.3, 0.4) is 0 Å². The summed E-state index contributed by atoms with van der Waals surface area (Å²) < 4.78 is 0. The van der Waals surface area contributed by atoms with Crippen molar-refractivity contribution in [1.29, 1.82) is 0 Å². The van der Waals surface area contributed by atoms with Crippen LogP contribution in [0.25, 0.3) is 0 Å². The van der Waals surface area contributed by atoms with Gasteiger partial charge in [0.1, 0.15) is 0 Å². The minimum Gasteiger partial charge on any atom is -0.135 e. The highest BCUT2D eigenvalue weighted by Crippen LogP contribution is 2.35. The predicted octanol–water partition coefficient (Wildman–Crippen LogP) is 3.78. The highest BCUT2D eigenvalue weighted by atomic mass is 32.1. The SMILES string of the molecule is C#Cc1sccc1C1CCCCC1. The zero-order chi connectivity index (χ0) is 9.10. The van der Waals surface area contributed by atoms with Gasteiger partial charge in [0.2, 0.25) is 0 Å². The quantitative estimate of drug-likeness (QED) is 0.591. The zero-order valence-corrected chi connectivity index (χ0v) is 8.57. The van der Waals surface area contributed by atoms with Gasteiger partial charge in [-0.1, -0.05) is 25.2 Å². The van der Waals surface area contributed by atoms with E-state index in [1.165, 1.54) is 37.7 Å². The average Bonchev–Trinajstić information content (AvgIpc) is 2.67. The van der Waals surface area contributed by atoms with Gasteiger partial charge in [0.05, 0.1) is 4.88 Å². The number of hydrogen-bond acceptors (Lipinski definition) is 1. The first-order valence-corrected chi connectivity index (χ1v) is 5.84. The number of rotatable bonds is 1. The van der Waals surface area contributed by atoms with Crippen molar-refractivity contribution >= 4 is 11.3 Å². The summed E-state index contributed by atoms with van der Waals surface area (Å²) in [6.45, 7) is 0. The molecule has 0 spiro atoms. The molecule has 1 fully saturated rings. The summed E-state index contributed by atoms with van der Waals surface area (Å²) in [6, 6.07) is 2.22. The molecule has 0 amide bonds. The molecule has 0 aromatic carbocycles. The van der Waals surface area contributed by atoms with Crippen molar-refractivity contribution in [2.75, 3.05) is 0 Å². The lowest BCUT2D eigenvalue weighted by molar-refractivity contribution is 0.444. The van der Waals surface area contributed by atoms with Crippen LogP contribution in [0.4, 0.5) is 0 Å². The van der Waals surface area contributed by atoms with Crippen molar-refractivity contribution in [2.24, 2.45) is 0 Å². The summed E-state index contributed by atoms with van der Waals surface area (Å²) in [5, 5.41) is 2.12. The van der Waals surface area contributed by atoms with Crippen LogP contribution in [0.5, 0.6) is 0 Å². The fourth-order valence-electron chi connectivity index (χ4n) is 2.17. The molecule has 1 aromatic heterocycles. The summed E-state index contributed by atoms with van der Waals surface area (Å²) in [4.78, 5) is 1.16. The van der Waals surface area contributed by atoms with Crippen LogP contribution >= 0.6 is 11.3 Å². The molecule has 0 saturated heterocycles. The Hall–Kier alpha value is -0.740. The van der Waals surface area contributed by atoms with E-state index in [0.717, 1.165) is 10.8 Å². The lowest BCUT2D eigenvalue weighted by atomic mass is 9.84. The lowest BCUT2D eigenvalue weighted by Gasteiger charge is -2.21. The molecular weight excluding hydrogens is 176 g/mol. The number of hydrogen-bond donors (Lipinski definition) is 0. The third-order valence-electron chi connectivity index (χ3n) is 2.87. The number of terminal acetylenes is 1. The molecular formula is C12H14S. The van der Waals surface area contributed by atoms with Gasteiger partial charge in [-0.15, -0.1) is 17.8 Å². The van der Waals surface area contributed by atoms with Gasteiger partial charge in [0.25, 0.3) is 0 Å². The Morgan fingerprint density at radius 1 is 1.31 bits per heavy atom. The molecule has 0 unspecified atom stereocenters. The van der Waals surface area contributed by atoms with E-state index < -0.39 is 0 Å². The van der Waals surface area contributed by atoms with Crippen molar-refractivity contribution in [3.05, 3.63) is 21.9 Å². The monoisotopic (exact) mass is 190 g/mol. The average molecular weight is 190 g/mol. The Bertz CT molecular complexity index is 310. The van der Waals surface area contributed by atoms with E-state index in [4.69, 9.17) is 6.42 Å². The van der Waals surface area contributed by atoms with E-state index in [9.17, 15) is 0 Å². The van der Waals surface area contributed by atoms with E-state index in [0.29, 0.717) is 0 Å². The smallest absolute Gasteiger partial charge is 0.0800 e. The Morgan fingerprint density at radius 3 is 2.77 bits per heavy atom. The molecule has 1 aliphatic rings. The fraction of sp³-hybridized carbons (Fsp3) is 0.500. The van der Waals surface area contributed by atoms with Gasteiger partial charge < -0.3 is 0 Å². The van der Waals surface area contributed by atoms with Gasteiger partial charge in [0, 0.05) is 0 Å². The largest absolute Gasteiger partial charge is 0.135 e. The lowest BCUT2D eigenvalue weighted by Crippen LogP contribution is -2.04. The highest BCUT2D eigenvalue weighted by Gasteiger charge is 2.18. The molecule has 1 heterocycles. The zero-order valence-electron chi connectivity index (χ0n) is 7.75. The second-order valence-electron chi connectivity index (χ2n) is 3.68. The van der Waals surface area contributed by atoms with E-state index in [-0.39, 0.29) is 0 Å². The van der Waals surface area contributed by atoms with Gasteiger partial charge >= 0.3 is 0 Å². The maximum absolute atomic E-state index is 5.46. The third-order valence-corrected chi connectivity index (χ3v) is 3.73. The van der Waals surface area contributed by atoms with Crippen LogP contribution in [-0.4, -0.2) is 0 Å². The topological polar surface area (TPSA) is 0 Å². The first-order chi connectivity index (χ1) is 6.42. The van der Waals surface area contributed by atoms with Gasteiger partial charge in [-0.05, 0) is 35.8 Å². The third kappa shape index (κ3) is 1.78. The maximum atomic E-state index is 5.46. The molecule has 2 rings (SSSR count). The molecule has 0 N–H and O–H groups in total. The highest BCUT2D eigenvalue weighted by molar-refractivity contribution is 7.10. The van der Waals surface area contributed by atoms with Gasteiger partial charge in [0.15, 0.2) is 0 Å². The van der Waals surface area contributed by atoms with Crippen LogP contribution < -0.4 is 0 Å². The van der Waals surface area contributed by atoms with E-state index in [1.54, 1.807) is 11.3 Å². The van der Waals surface area contributed by atoms with Crippen LogP contribution in [0.15, 0.2) is 11.4 Å². The van der Waals surface area contributed by atoms with E-state index in [1.807, 2.05) is 0 Å². The van der Waals surface area contributed by atoms with Crippen molar-refractivity contribution in [3.63, 3.8) is 0 Å². The Kier molecular flexibility index (Phi) is 2.71. The van der Waals surface area contributed by atoms with Crippen molar-refractivity contribution in [2.45, 2.75) is 38.0 Å². The molecule has 0 atom stereocenters. The second-order valence-corrected chi connectivity index (χ2v) is 4.60. The summed E-state index contributed by atoms with van der Waals surface area (Å²) >= 11 is 1.71. The summed E-state index contributed by atoms with van der Waals surface area (Å²) in [5.74, 6) is 3.55. The molecule has 0 radical (unpaired) electrons. The van der Waals surface area contributed by atoms with Crippen LogP contribution in [0.1, 0.15) is 48.5 Å². The molecule has 1 saturated carbocycles. The molecule has 13 heavy (non-hydrogen) atoms.